The fourth-order valence-corrected chi connectivity index (χ4v) is 2.69. The highest BCUT2D eigenvalue weighted by Crippen LogP contribution is 2.21. The lowest BCUT2D eigenvalue weighted by atomic mass is 10.0. The molecule has 31 heavy (non-hydrogen) atoms. The van der Waals surface area contributed by atoms with Crippen LogP contribution in [0.25, 0.3) is 0 Å². The zero-order valence-electron chi connectivity index (χ0n) is 17.3. The number of amides is 2. The predicted octanol–water partition coefficient (Wildman–Crippen LogP) is 3.13. The number of ether oxygens (including phenoxy) is 2. The number of hydrogen-bond donors (Lipinski definition) is 3. The number of hydrogen-bond acceptors (Lipinski definition) is 5. The largest absolute Gasteiger partial charge is 0.478 e. The van der Waals surface area contributed by atoms with Gasteiger partial charge in [-0.15, -0.1) is 0 Å². The fourth-order valence-electron chi connectivity index (χ4n) is 2.57. The minimum Gasteiger partial charge on any atom is -0.478 e. The molecule has 3 N–H and O–H groups in total. The van der Waals surface area contributed by atoms with Crippen molar-refractivity contribution in [1.82, 2.24) is 10.6 Å². The van der Waals surface area contributed by atoms with Crippen molar-refractivity contribution in [2.75, 3.05) is 26.3 Å². The Balaban J connectivity index is 1.82. The van der Waals surface area contributed by atoms with E-state index in [4.69, 9.17) is 26.2 Å². The molecule has 2 aromatic carbocycles. The van der Waals surface area contributed by atoms with Gasteiger partial charge in [-0.2, -0.15) is 0 Å². The van der Waals surface area contributed by atoms with Crippen molar-refractivity contribution in [3.63, 3.8) is 0 Å². The van der Waals surface area contributed by atoms with Gasteiger partial charge >= 0.3 is 6.09 Å². The third-order valence-corrected chi connectivity index (χ3v) is 4.45. The van der Waals surface area contributed by atoms with Crippen LogP contribution in [0.1, 0.15) is 29.8 Å². The molecular weight excluding hydrogens is 424 g/mol. The van der Waals surface area contributed by atoms with Crippen molar-refractivity contribution in [1.29, 1.82) is 0 Å². The quantitative estimate of drug-likeness (QED) is 0.359. The van der Waals surface area contributed by atoms with E-state index in [9.17, 15) is 14.4 Å². The van der Waals surface area contributed by atoms with E-state index >= 15 is 0 Å². The second-order valence-electron chi connectivity index (χ2n) is 7.07. The fraction of sp³-hybridized carbons (Fsp3) is 0.318. The molecule has 0 unspecified atom stereocenters. The summed E-state index contributed by atoms with van der Waals surface area (Å²) >= 11 is 5.85. The minimum absolute atomic E-state index is 0.140. The number of ketones is 1. The van der Waals surface area contributed by atoms with Crippen LogP contribution < -0.4 is 15.4 Å². The van der Waals surface area contributed by atoms with Crippen molar-refractivity contribution in [3.8, 4) is 5.75 Å². The maximum Gasteiger partial charge on any atom is 0.404 e. The van der Waals surface area contributed by atoms with Crippen molar-refractivity contribution in [2.24, 2.45) is 0 Å². The molecule has 0 aromatic heterocycles. The van der Waals surface area contributed by atoms with Gasteiger partial charge in [0, 0.05) is 29.2 Å². The van der Waals surface area contributed by atoms with Crippen molar-refractivity contribution >= 4 is 29.4 Å². The molecule has 0 heterocycles. The van der Waals surface area contributed by atoms with Gasteiger partial charge in [0.1, 0.15) is 5.75 Å². The maximum absolute atomic E-state index is 12.5. The highest BCUT2D eigenvalue weighted by atomic mass is 35.5. The van der Waals surface area contributed by atoms with Gasteiger partial charge in [0.05, 0.1) is 13.2 Å². The zero-order valence-corrected chi connectivity index (χ0v) is 18.1. The first-order valence-corrected chi connectivity index (χ1v) is 9.99. The molecule has 0 fully saturated rings. The lowest BCUT2D eigenvalue weighted by molar-refractivity contribution is -0.134. The van der Waals surface area contributed by atoms with E-state index < -0.39 is 11.7 Å². The molecule has 8 nitrogen and oxygen atoms in total. The van der Waals surface area contributed by atoms with Crippen molar-refractivity contribution in [2.45, 2.75) is 19.4 Å². The summed E-state index contributed by atoms with van der Waals surface area (Å²) in [6, 6.07) is 13.2. The van der Waals surface area contributed by atoms with Crippen LogP contribution in [0.5, 0.6) is 5.75 Å². The third-order valence-electron chi connectivity index (χ3n) is 4.20. The molecule has 0 aliphatic carbocycles. The van der Waals surface area contributed by atoms with E-state index in [1.54, 1.807) is 62.4 Å². The van der Waals surface area contributed by atoms with E-state index in [-0.39, 0.29) is 38.0 Å². The van der Waals surface area contributed by atoms with Crippen LogP contribution in [-0.4, -0.2) is 54.8 Å². The monoisotopic (exact) mass is 448 g/mol. The van der Waals surface area contributed by atoms with Gasteiger partial charge in [-0.1, -0.05) is 11.6 Å². The molecule has 0 radical (unpaired) electrons. The summed E-state index contributed by atoms with van der Waals surface area (Å²) in [6.45, 7) is 4.15. The van der Waals surface area contributed by atoms with Crippen LogP contribution in [0.4, 0.5) is 4.79 Å². The van der Waals surface area contributed by atoms with Gasteiger partial charge in [0.15, 0.2) is 11.4 Å². The van der Waals surface area contributed by atoms with Crippen LogP contribution in [-0.2, 0) is 9.53 Å². The second-order valence-corrected chi connectivity index (χ2v) is 7.51. The van der Waals surface area contributed by atoms with Crippen molar-refractivity contribution in [3.05, 3.63) is 64.7 Å². The standard InChI is InChI=1S/C22H25ClN2O6/c1-22(2,20(27)24-11-13-30-14-12-25-21(28)29)31-18-9-5-16(6-10-18)19(26)15-3-7-17(23)8-4-15/h3-10,25H,11-14H2,1-2H3,(H,24,27)(H,28,29). The van der Waals surface area contributed by atoms with Crippen LogP contribution >= 0.6 is 11.6 Å². The average Bonchev–Trinajstić information content (AvgIpc) is 2.73. The topological polar surface area (TPSA) is 114 Å². The summed E-state index contributed by atoms with van der Waals surface area (Å²) in [5, 5.41) is 13.9. The summed E-state index contributed by atoms with van der Waals surface area (Å²) in [7, 11) is 0. The Morgan fingerprint density at radius 2 is 1.42 bits per heavy atom. The molecule has 0 saturated carbocycles. The molecule has 0 spiro atoms. The van der Waals surface area contributed by atoms with Crippen LogP contribution in [0, 0.1) is 0 Å². The van der Waals surface area contributed by atoms with Crippen LogP contribution in [0.2, 0.25) is 5.02 Å². The second kappa shape index (κ2) is 11.3. The Morgan fingerprint density at radius 3 is 1.97 bits per heavy atom. The molecule has 0 bridgehead atoms. The summed E-state index contributed by atoms with van der Waals surface area (Å²) in [5.41, 5.74) is -0.128. The molecule has 0 atom stereocenters. The number of nitrogens with one attached hydrogen (secondary N) is 2. The number of carbonyl (C=O) groups excluding carboxylic acids is 2. The van der Waals surface area contributed by atoms with E-state index in [0.29, 0.717) is 21.9 Å². The molecule has 0 aliphatic rings. The molecule has 2 amide bonds. The smallest absolute Gasteiger partial charge is 0.404 e. The van der Waals surface area contributed by atoms with Gasteiger partial charge in [-0.05, 0) is 62.4 Å². The number of rotatable bonds is 11. The molecule has 2 rings (SSSR count). The highest BCUT2D eigenvalue weighted by Gasteiger charge is 2.29. The van der Waals surface area contributed by atoms with Gasteiger partial charge in [0.25, 0.3) is 5.91 Å². The molecule has 166 valence electrons. The lowest BCUT2D eigenvalue weighted by Crippen LogP contribution is -2.47. The van der Waals surface area contributed by atoms with Gasteiger partial charge in [0.2, 0.25) is 0 Å². The van der Waals surface area contributed by atoms with E-state index in [0.717, 1.165) is 0 Å². The molecular formula is C22H25ClN2O6. The van der Waals surface area contributed by atoms with E-state index in [2.05, 4.69) is 10.6 Å². The molecule has 2 aromatic rings. The molecule has 9 heteroatoms. The van der Waals surface area contributed by atoms with Crippen LogP contribution in [0.3, 0.4) is 0 Å². The third kappa shape index (κ3) is 7.92. The van der Waals surface area contributed by atoms with E-state index in [1.807, 2.05) is 0 Å². The van der Waals surface area contributed by atoms with Gasteiger partial charge in [-0.25, -0.2) is 4.79 Å². The molecule has 0 saturated heterocycles. The van der Waals surface area contributed by atoms with Crippen molar-refractivity contribution < 1.29 is 29.0 Å². The van der Waals surface area contributed by atoms with E-state index in [1.165, 1.54) is 0 Å². The first-order valence-electron chi connectivity index (χ1n) is 9.61. The first kappa shape index (κ1) is 24.2. The summed E-state index contributed by atoms with van der Waals surface area (Å²) in [6.07, 6.45) is -1.11. The average molecular weight is 449 g/mol. The predicted molar refractivity (Wildman–Crippen MR) is 116 cm³/mol. The number of carboxylic acid groups (broad SMARTS) is 1. The van der Waals surface area contributed by atoms with Gasteiger partial charge < -0.3 is 25.2 Å². The Morgan fingerprint density at radius 1 is 0.903 bits per heavy atom. The maximum atomic E-state index is 12.5. The van der Waals surface area contributed by atoms with Crippen LogP contribution in [0.15, 0.2) is 48.5 Å². The Labute approximate surface area is 185 Å². The Hall–Kier alpha value is -3.10. The number of benzene rings is 2. The lowest BCUT2D eigenvalue weighted by Gasteiger charge is -2.25. The summed E-state index contributed by atoms with van der Waals surface area (Å²) in [5.74, 6) is -0.0244. The SMILES string of the molecule is CC(C)(Oc1ccc(C(=O)c2ccc(Cl)cc2)cc1)C(=O)NCCOCCNC(=O)O. The molecule has 0 aliphatic heterocycles. The normalized spacial score (nSPS) is 10.9. The zero-order chi connectivity index (χ0) is 22.9. The summed E-state index contributed by atoms with van der Waals surface area (Å²) < 4.78 is 11.0. The minimum atomic E-state index is -1.15. The number of carbonyl (C=O) groups is 3. The highest BCUT2D eigenvalue weighted by molar-refractivity contribution is 6.30. The first-order chi connectivity index (χ1) is 14.7. The van der Waals surface area contributed by atoms with Gasteiger partial charge in [-0.3, -0.25) is 9.59 Å². The Bertz CT molecular complexity index is 897. The Kier molecular flexibility index (Phi) is 8.84. The number of halogens is 1. The summed E-state index contributed by atoms with van der Waals surface area (Å²) in [4.78, 5) is 35.2.